The Morgan fingerprint density at radius 3 is 1.58 bits per heavy atom. The molecule has 0 amide bonds. The van der Waals surface area contributed by atoms with E-state index >= 15 is 0 Å². The number of aryl methyl sites for hydroxylation is 2. The Hall–Kier alpha value is -9.10. The number of anilines is 4. The van der Waals surface area contributed by atoms with E-state index in [9.17, 15) is 14.0 Å². The number of imidazole rings is 1. The van der Waals surface area contributed by atoms with Crippen molar-refractivity contribution in [3.63, 3.8) is 0 Å². The van der Waals surface area contributed by atoms with Crippen molar-refractivity contribution in [2.45, 2.75) is 80.8 Å². The van der Waals surface area contributed by atoms with Crippen LogP contribution in [0.5, 0.6) is 0 Å². The first-order chi connectivity index (χ1) is 39.4. The molecule has 0 aliphatic carbocycles. The third kappa shape index (κ3) is 17.2. The molecule has 0 bridgehead atoms. The van der Waals surface area contributed by atoms with Crippen LogP contribution in [0.1, 0.15) is 88.0 Å². The molecular formula is C63H67Cl3FN15O2. The summed E-state index contributed by atoms with van der Waals surface area (Å²) in [6.45, 7) is 19.5. The molecule has 17 nitrogen and oxygen atoms in total. The minimum Gasteiger partial charge on any atom is -0.397 e. The van der Waals surface area contributed by atoms with Gasteiger partial charge in [0.05, 0.1) is 57.3 Å². The smallest absolute Gasteiger partial charge is 0.219 e. The average Bonchev–Trinajstić information content (AvgIpc) is 4.19. The van der Waals surface area contributed by atoms with Crippen LogP contribution in [0, 0.1) is 19.7 Å². The molecule has 0 atom stereocenters. The van der Waals surface area contributed by atoms with Crippen molar-refractivity contribution in [2.24, 2.45) is 4.99 Å². The number of rotatable bonds is 8. The average molecular weight is 1190 g/mol. The molecule has 10 aromatic rings. The second-order valence-electron chi connectivity index (χ2n) is 20.9. The number of aliphatic imine (C=N–C) groups is 1. The number of aldehydes is 2. The van der Waals surface area contributed by atoms with Crippen LogP contribution in [-0.4, -0.2) is 79.4 Å². The Labute approximate surface area is 503 Å². The van der Waals surface area contributed by atoms with Crippen molar-refractivity contribution in [3.8, 4) is 45.0 Å². The number of nitrogens with one attached hydrogen (secondary N) is 1. The van der Waals surface area contributed by atoms with Gasteiger partial charge in [-0.1, -0.05) is 60.4 Å². The fourth-order valence-electron chi connectivity index (χ4n) is 8.25. The van der Waals surface area contributed by atoms with Crippen LogP contribution in [0.15, 0.2) is 157 Å². The van der Waals surface area contributed by atoms with E-state index in [-0.39, 0.29) is 36.0 Å². The number of allylic oxidation sites excluding steroid dienone is 1. The van der Waals surface area contributed by atoms with Crippen molar-refractivity contribution in [2.75, 3.05) is 29.1 Å². The molecule has 0 radical (unpaired) electrons. The molecule has 0 spiro atoms. The van der Waals surface area contributed by atoms with Gasteiger partial charge in [0.25, 0.3) is 0 Å². The maximum Gasteiger partial charge on any atom is 0.219 e. The number of hydrogen-bond donors (Lipinski definition) is 4. The van der Waals surface area contributed by atoms with E-state index in [1.165, 1.54) is 12.1 Å². The van der Waals surface area contributed by atoms with Gasteiger partial charge in [-0.3, -0.25) is 14.6 Å². The summed E-state index contributed by atoms with van der Waals surface area (Å²) in [4.78, 5) is 46.3. The Bertz CT molecular complexity index is 3950. The van der Waals surface area contributed by atoms with Crippen LogP contribution < -0.4 is 22.5 Å². The highest BCUT2D eigenvalue weighted by atomic mass is 35.5. The van der Waals surface area contributed by atoms with E-state index in [0.29, 0.717) is 32.6 Å². The van der Waals surface area contributed by atoms with Gasteiger partial charge in [-0.2, -0.15) is 10.2 Å². The van der Waals surface area contributed by atoms with E-state index < -0.39 is 5.82 Å². The lowest BCUT2D eigenvalue weighted by atomic mass is 10.0. The maximum atomic E-state index is 12.5. The van der Waals surface area contributed by atoms with Gasteiger partial charge in [0.2, 0.25) is 11.9 Å². The molecule has 1 aliphatic rings. The van der Waals surface area contributed by atoms with E-state index in [1.54, 1.807) is 47.7 Å². The number of aromatic nitrogens is 10. The van der Waals surface area contributed by atoms with Crippen LogP contribution in [0.2, 0.25) is 15.1 Å². The first kappa shape index (κ1) is 64.1. The van der Waals surface area contributed by atoms with Gasteiger partial charge in [0, 0.05) is 91.3 Å². The number of halogens is 4. The number of hydrogen-bond acceptors (Lipinski definition) is 14. The molecule has 7 N–H and O–H groups in total. The number of fused-ring (bicyclic) bond motifs is 1. The molecule has 0 fully saturated rings. The molecule has 0 saturated carbocycles. The quantitative estimate of drug-likeness (QED) is 0.0818. The van der Waals surface area contributed by atoms with Gasteiger partial charge in [0.1, 0.15) is 11.6 Å². The molecule has 6 heterocycles. The van der Waals surface area contributed by atoms with Crippen molar-refractivity contribution >= 4 is 87.4 Å². The van der Waals surface area contributed by atoms with Gasteiger partial charge < -0.3 is 27.1 Å². The Morgan fingerprint density at radius 1 is 0.607 bits per heavy atom. The zero-order chi connectivity index (χ0) is 60.2. The fraction of sp³-hybridized carbons (Fsp3) is 0.206. The normalized spacial score (nSPS) is 11.5. The molecule has 5 aromatic carbocycles. The number of benzene rings is 5. The summed E-state index contributed by atoms with van der Waals surface area (Å²) in [5.74, 6) is 0.803. The summed E-state index contributed by atoms with van der Waals surface area (Å²) >= 11 is 17.7. The second-order valence-corrected chi connectivity index (χ2v) is 22.2. The third-order valence-corrected chi connectivity index (χ3v) is 12.7. The summed E-state index contributed by atoms with van der Waals surface area (Å²) in [6, 6.07) is 30.7. The predicted molar refractivity (Wildman–Crippen MR) is 341 cm³/mol. The molecule has 0 saturated heterocycles. The number of carbonyl (C=O) groups is 2. The molecule has 84 heavy (non-hydrogen) atoms. The monoisotopic (exact) mass is 1190 g/mol. The lowest BCUT2D eigenvalue weighted by molar-refractivity contribution is 0.111. The first-order valence-electron chi connectivity index (χ1n) is 25.9. The number of nitrogen functional groups attached to an aromatic ring is 3. The van der Waals surface area contributed by atoms with Crippen molar-refractivity contribution in [1.82, 2.24) is 49.0 Å². The van der Waals surface area contributed by atoms with Gasteiger partial charge in [-0.25, -0.2) is 38.7 Å². The van der Waals surface area contributed by atoms with E-state index in [2.05, 4.69) is 111 Å². The SMILES string of the molecule is C.CC(C)(C)Nc1ccc(-c2cnc(N)nc2)cc1N.CC1=NCC=C1.Cc1ccn(-c2ccc(Cl)cc2-c2nc3cc(-c4cnc(N)nc4)ccc3n2C(C)(C)C)n1.Cc1ccn(-c2ccc(Cl)cc2C=O)n1.O=Cc1cc(Cl)ccc1F. The van der Waals surface area contributed by atoms with Crippen molar-refractivity contribution < 1.29 is 14.0 Å². The fourth-order valence-corrected chi connectivity index (χ4v) is 8.78. The maximum absolute atomic E-state index is 12.5. The highest BCUT2D eigenvalue weighted by molar-refractivity contribution is 6.31. The Morgan fingerprint density at radius 2 is 1.12 bits per heavy atom. The molecule has 5 aromatic heterocycles. The lowest BCUT2D eigenvalue weighted by Crippen LogP contribution is -2.26. The second kappa shape index (κ2) is 28.3. The summed E-state index contributed by atoms with van der Waals surface area (Å²) < 4.78 is 18.3. The number of nitrogens with zero attached hydrogens (tertiary/aromatic N) is 11. The van der Waals surface area contributed by atoms with E-state index in [4.69, 9.17) is 57.0 Å². The largest absolute Gasteiger partial charge is 0.397 e. The highest BCUT2D eigenvalue weighted by Crippen LogP contribution is 2.37. The van der Waals surface area contributed by atoms with Gasteiger partial charge in [0.15, 0.2) is 12.6 Å². The summed E-state index contributed by atoms with van der Waals surface area (Å²) in [5.41, 5.74) is 30.3. The van der Waals surface area contributed by atoms with Crippen LogP contribution in [0.25, 0.3) is 56.0 Å². The Balaban J connectivity index is 0.000000188. The minimum atomic E-state index is -0.542. The summed E-state index contributed by atoms with van der Waals surface area (Å²) in [6.07, 6.45) is 15.9. The van der Waals surface area contributed by atoms with Crippen molar-refractivity contribution in [1.29, 1.82) is 0 Å². The van der Waals surface area contributed by atoms with Gasteiger partial charge in [-0.15, -0.1) is 0 Å². The standard InChI is InChI=1S/C25H24ClN7.C14H19N5.C11H9ClN2O.C7H4ClFO.C5H7N.CH4/c1-15-9-10-32(31-15)21-8-6-18(26)12-19(21)23-30-20-11-16(17-13-28-24(27)29-14-17)5-7-22(20)33(23)25(2,3)4;1-14(2,3)19-12-5-4-9(6-11(12)15)10-7-17-13(16)18-8-10;1-8-4-5-14(13-8)11-3-2-10(12)6-9(11)7-15;8-6-1-2-7(9)5(3-6)4-10;1-5-3-2-4-6-5;/h5-14H,1-4H3,(H2,27,28,29);4-8,19H,15H2,1-3H3,(H2,16,17,18);2-7H,1H3;1-4H;2-3H,4H2,1H3;1H4. The zero-order valence-corrected chi connectivity index (χ0v) is 49.5. The predicted octanol–water partition coefficient (Wildman–Crippen LogP) is 14.8. The van der Waals surface area contributed by atoms with Crippen LogP contribution in [0.3, 0.4) is 0 Å². The molecule has 11 rings (SSSR count). The first-order valence-corrected chi connectivity index (χ1v) is 27.1. The number of carbonyl (C=O) groups excluding carboxylic acids is 2. The molecule has 434 valence electrons. The van der Waals surface area contributed by atoms with Crippen molar-refractivity contribution in [3.05, 3.63) is 196 Å². The molecular weight excluding hydrogens is 1120 g/mol. The summed E-state index contributed by atoms with van der Waals surface area (Å²) in [7, 11) is 0. The molecule has 0 unspecified atom stereocenters. The number of nitrogens with two attached hydrogens (primary N) is 3. The van der Waals surface area contributed by atoms with Crippen LogP contribution >= 0.6 is 34.8 Å². The molecule has 21 heteroatoms. The van der Waals surface area contributed by atoms with Gasteiger partial charge in [-0.05, 0) is 171 Å². The zero-order valence-electron chi connectivity index (χ0n) is 47.3. The van der Waals surface area contributed by atoms with Crippen LogP contribution in [0.4, 0.5) is 27.7 Å². The molecule has 1 aliphatic heterocycles. The van der Waals surface area contributed by atoms with E-state index in [1.807, 2.05) is 92.5 Å². The lowest BCUT2D eigenvalue weighted by Gasteiger charge is -2.25. The summed E-state index contributed by atoms with van der Waals surface area (Å²) in [5, 5.41) is 13.8. The third-order valence-electron chi connectivity index (χ3n) is 12.0. The van der Waals surface area contributed by atoms with Gasteiger partial charge >= 0.3 is 0 Å². The topological polar surface area (TPSA) is 242 Å². The van der Waals surface area contributed by atoms with E-state index in [0.717, 1.165) is 97.7 Å². The Kier molecular flexibility index (Phi) is 21.6. The highest BCUT2D eigenvalue weighted by Gasteiger charge is 2.25. The van der Waals surface area contributed by atoms with Crippen LogP contribution in [-0.2, 0) is 5.54 Å². The minimum absolute atomic E-state index is 0.